The maximum atomic E-state index is 9.29. The molecular weight excluding hydrogens is 364 g/mol. The Hall–Kier alpha value is -0.610. The number of anilines is 1. The fourth-order valence-corrected chi connectivity index (χ4v) is 7.46. The SMILES string of the molecule is CC1(C)CCC(C)(C)C2CC(c3csc(N4CCCC(CCO)C4)n3)CCC21. The van der Waals surface area contributed by atoms with E-state index in [2.05, 4.69) is 38.0 Å². The van der Waals surface area contributed by atoms with Gasteiger partial charge in [-0.25, -0.2) is 4.98 Å². The number of thiazole rings is 1. The molecule has 0 bridgehead atoms. The van der Waals surface area contributed by atoms with E-state index in [1.165, 1.54) is 55.8 Å². The van der Waals surface area contributed by atoms with Gasteiger partial charge in [0, 0.05) is 31.0 Å². The summed E-state index contributed by atoms with van der Waals surface area (Å²) in [6.07, 6.45) is 10.2. The predicted octanol–water partition coefficient (Wildman–Crippen LogP) is 6.09. The van der Waals surface area contributed by atoms with E-state index in [9.17, 15) is 5.11 Å². The van der Waals surface area contributed by atoms with Crippen LogP contribution >= 0.6 is 11.3 Å². The van der Waals surface area contributed by atoms with E-state index in [0.717, 1.165) is 31.3 Å². The first-order valence-electron chi connectivity index (χ1n) is 11.6. The summed E-state index contributed by atoms with van der Waals surface area (Å²) in [5, 5.41) is 12.9. The number of rotatable bonds is 4. The Labute approximate surface area is 175 Å². The highest BCUT2D eigenvalue weighted by atomic mass is 32.1. The Balaban J connectivity index is 1.46. The lowest BCUT2D eigenvalue weighted by Gasteiger charge is -2.55. The van der Waals surface area contributed by atoms with E-state index >= 15 is 0 Å². The molecule has 1 aromatic rings. The number of aliphatic hydroxyl groups is 1. The van der Waals surface area contributed by atoms with Crippen LogP contribution in [0.25, 0.3) is 0 Å². The van der Waals surface area contributed by atoms with Crippen LogP contribution in [0.4, 0.5) is 5.13 Å². The molecule has 4 rings (SSSR count). The maximum Gasteiger partial charge on any atom is 0.185 e. The van der Waals surface area contributed by atoms with Crippen LogP contribution in [0, 0.1) is 28.6 Å². The fourth-order valence-electron chi connectivity index (χ4n) is 6.52. The lowest BCUT2D eigenvalue weighted by molar-refractivity contribution is -0.0501. The van der Waals surface area contributed by atoms with Crippen molar-refractivity contribution in [3.05, 3.63) is 11.1 Å². The zero-order chi connectivity index (χ0) is 19.9. The number of nitrogens with zero attached hydrogens (tertiary/aromatic N) is 2. The molecular formula is C24H40N2OS. The topological polar surface area (TPSA) is 36.4 Å². The van der Waals surface area contributed by atoms with E-state index < -0.39 is 0 Å². The average molecular weight is 405 g/mol. The Bertz CT molecular complexity index is 665. The highest BCUT2D eigenvalue weighted by Gasteiger charge is 2.50. The standard InChI is InChI=1S/C24H40N2OS/c1-23(2)10-11-24(3,4)20-14-18(7-8-19(20)23)21-16-28-22(25-21)26-12-5-6-17(15-26)9-13-27/h16-20,27H,5-15H2,1-4H3. The number of piperidine rings is 1. The van der Waals surface area contributed by atoms with Crippen LogP contribution < -0.4 is 4.90 Å². The molecule has 158 valence electrons. The molecule has 0 spiro atoms. The van der Waals surface area contributed by atoms with Crippen molar-refractivity contribution >= 4 is 16.5 Å². The van der Waals surface area contributed by atoms with Crippen molar-refractivity contribution in [2.75, 3.05) is 24.6 Å². The second-order valence-electron chi connectivity index (χ2n) is 11.2. The Morgan fingerprint density at radius 3 is 2.61 bits per heavy atom. The van der Waals surface area contributed by atoms with Crippen LogP contribution in [0.15, 0.2) is 5.38 Å². The van der Waals surface area contributed by atoms with E-state index in [4.69, 9.17) is 4.98 Å². The molecule has 28 heavy (non-hydrogen) atoms. The molecule has 4 heteroatoms. The normalized spacial score (nSPS) is 34.8. The molecule has 3 nitrogen and oxygen atoms in total. The summed E-state index contributed by atoms with van der Waals surface area (Å²) in [5.74, 6) is 3.00. The highest BCUT2D eigenvalue weighted by Crippen LogP contribution is 2.59. The quantitative estimate of drug-likeness (QED) is 0.660. The minimum Gasteiger partial charge on any atom is -0.396 e. The van der Waals surface area contributed by atoms with Gasteiger partial charge < -0.3 is 10.0 Å². The smallest absolute Gasteiger partial charge is 0.185 e. The number of hydrogen-bond acceptors (Lipinski definition) is 4. The zero-order valence-electron chi connectivity index (χ0n) is 18.4. The molecule has 0 amide bonds. The molecule has 1 aliphatic heterocycles. The summed E-state index contributed by atoms with van der Waals surface area (Å²) in [5.41, 5.74) is 2.35. The number of aromatic nitrogens is 1. The first-order chi connectivity index (χ1) is 13.3. The minimum atomic E-state index is 0.318. The van der Waals surface area contributed by atoms with E-state index in [1.807, 2.05) is 11.3 Å². The van der Waals surface area contributed by atoms with Crippen molar-refractivity contribution in [1.82, 2.24) is 4.98 Å². The van der Waals surface area contributed by atoms with Gasteiger partial charge in [-0.05, 0) is 80.0 Å². The monoisotopic (exact) mass is 404 g/mol. The van der Waals surface area contributed by atoms with E-state index in [1.54, 1.807) is 0 Å². The van der Waals surface area contributed by atoms with Crippen molar-refractivity contribution in [3.8, 4) is 0 Å². The fraction of sp³-hybridized carbons (Fsp3) is 0.875. The summed E-state index contributed by atoms with van der Waals surface area (Å²) in [6.45, 7) is 12.6. The van der Waals surface area contributed by atoms with Gasteiger partial charge in [-0.1, -0.05) is 27.7 Å². The lowest BCUT2D eigenvalue weighted by atomic mass is 9.49. The van der Waals surface area contributed by atoms with Crippen LogP contribution in [0.1, 0.15) is 90.7 Å². The molecule has 1 aromatic heterocycles. The zero-order valence-corrected chi connectivity index (χ0v) is 19.2. The molecule has 4 atom stereocenters. The van der Waals surface area contributed by atoms with Gasteiger partial charge in [-0.15, -0.1) is 11.3 Å². The third-order valence-electron chi connectivity index (χ3n) is 8.53. The first-order valence-corrected chi connectivity index (χ1v) is 12.5. The van der Waals surface area contributed by atoms with Crippen molar-refractivity contribution in [1.29, 1.82) is 0 Å². The van der Waals surface area contributed by atoms with Crippen molar-refractivity contribution in [2.24, 2.45) is 28.6 Å². The summed E-state index contributed by atoms with van der Waals surface area (Å²) < 4.78 is 0. The largest absolute Gasteiger partial charge is 0.396 e. The number of hydrogen-bond donors (Lipinski definition) is 1. The number of aliphatic hydroxyl groups excluding tert-OH is 1. The van der Waals surface area contributed by atoms with Gasteiger partial charge in [-0.3, -0.25) is 0 Å². The number of fused-ring (bicyclic) bond motifs is 1. The average Bonchev–Trinajstić information content (AvgIpc) is 3.16. The van der Waals surface area contributed by atoms with Gasteiger partial charge in [0.2, 0.25) is 0 Å². The summed E-state index contributed by atoms with van der Waals surface area (Å²) in [4.78, 5) is 7.64. The van der Waals surface area contributed by atoms with Crippen LogP contribution in [0.3, 0.4) is 0 Å². The molecule has 3 aliphatic rings. The van der Waals surface area contributed by atoms with E-state index in [0.29, 0.717) is 29.3 Å². The third-order valence-corrected chi connectivity index (χ3v) is 9.45. The molecule has 3 fully saturated rings. The third kappa shape index (κ3) is 4.01. The molecule has 1 saturated heterocycles. The molecule has 2 heterocycles. The van der Waals surface area contributed by atoms with Crippen molar-refractivity contribution in [3.63, 3.8) is 0 Å². The molecule has 0 radical (unpaired) electrons. The molecule has 4 unspecified atom stereocenters. The van der Waals surface area contributed by atoms with Gasteiger partial charge in [0.1, 0.15) is 0 Å². The van der Waals surface area contributed by atoms with Gasteiger partial charge in [0.05, 0.1) is 5.69 Å². The van der Waals surface area contributed by atoms with Crippen LogP contribution in [0.2, 0.25) is 0 Å². The summed E-state index contributed by atoms with van der Waals surface area (Å²) >= 11 is 1.85. The molecule has 2 aliphatic carbocycles. The Morgan fingerprint density at radius 1 is 1.11 bits per heavy atom. The van der Waals surface area contributed by atoms with Crippen molar-refractivity contribution in [2.45, 2.75) is 85.0 Å². The van der Waals surface area contributed by atoms with Crippen LogP contribution in [-0.4, -0.2) is 29.8 Å². The van der Waals surface area contributed by atoms with E-state index in [-0.39, 0.29) is 0 Å². The highest BCUT2D eigenvalue weighted by molar-refractivity contribution is 7.13. The molecule has 1 N–H and O–H groups in total. The van der Waals surface area contributed by atoms with Gasteiger partial charge >= 0.3 is 0 Å². The molecule has 2 saturated carbocycles. The second kappa shape index (κ2) is 7.91. The van der Waals surface area contributed by atoms with Gasteiger partial charge in [-0.2, -0.15) is 0 Å². The maximum absolute atomic E-state index is 9.29. The van der Waals surface area contributed by atoms with Gasteiger partial charge in [0.25, 0.3) is 0 Å². The summed E-state index contributed by atoms with van der Waals surface area (Å²) in [7, 11) is 0. The van der Waals surface area contributed by atoms with Crippen LogP contribution in [-0.2, 0) is 0 Å². The second-order valence-corrected chi connectivity index (χ2v) is 12.1. The minimum absolute atomic E-state index is 0.318. The Morgan fingerprint density at radius 2 is 1.86 bits per heavy atom. The Kier molecular flexibility index (Phi) is 5.83. The summed E-state index contributed by atoms with van der Waals surface area (Å²) in [6, 6.07) is 0. The lowest BCUT2D eigenvalue weighted by Crippen LogP contribution is -2.46. The van der Waals surface area contributed by atoms with Gasteiger partial charge in [0.15, 0.2) is 5.13 Å². The first kappa shape index (κ1) is 20.7. The predicted molar refractivity (Wildman–Crippen MR) is 119 cm³/mol. The van der Waals surface area contributed by atoms with Crippen LogP contribution in [0.5, 0.6) is 0 Å². The van der Waals surface area contributed by atoms with Crippen molar-refractivity contribution < 1.29 is 5.11 Å². The molecule has 0 aromatic carbocycles.